The number of nitrogens with zero attached hydrogens (tertiary/aromatic N) is 4. The normalized spacial score (nSPS) is 19.1. The van der Waals surface area contributed by atoms with Crippen LogP contribution < -0.4 is 10.2 Å². The summed E-state index contributed by atoms with van der Waals surface area (Å²) in [7, 11) is 0. The number of hydrogen-bond acceptors (Lipinski definition) is 5. The van der Waals surface area contributed by atoms with E-state index in [9.17, 15) is 4.39 Å². The first kappa shape index (κ1) is 16.2. The second-order valence-electron chi connectivity index (χ2n) is 7.06. The van der Waals surface area contributed by atoms with E-state index in [4.69, 9.17) is 0 Å². The Kier molecular flexibility index (Phi) is 3.96. The van der Waals surface area contributed by atoms with Gasteiger partial charge in [0.15, 0.2) is 5.84 Å². The number of halogens is 1. The van der Waals surface area contributed by atoms with Crippen molar-refractivity contribution in [1.82, 2.24) is 9.97 Å². The monoisotopic (exact) mass is 361 g/mol. The molecule has 1 aromatic carbocycles. The standard InChI is InChI=1S/C21H20FN5/c22-16-4-2-10-27(13-16)21-18-6-5-17(11-14(18)7-9-24-21)26-20-19-15(12-25-20)3-1-8-23-19/h1,3,5-9,11,16H,2,4,10,12-13H2,(H,25,26). The van der Waals surface area contributed by atoms with Crippen LogP contribution in [0.25, 0.3) is 10.8 Å². The molecule has 0 aliphatic carbocycles. The number of aromatic nitrogens is 2. The largest absolute Gasteiger partial charge is 0.353 e. The number of aliphatic imine (C=N–C) groups is 1. The van der Waals surface area contributed by atoms with Gasteiger partial charge in [-0.25, -0.2) is 9.37 Å². The van der Waals surface area contributed by atoms with Gasteiger partial charge in [0.2, 0.25) is 0 Å². The zero-order valence-electron chi connectivity index (χ0n) is 14.9. The molecule has 2 aliphatic rings. The maximum absolute atomic E-state index is 13.8. The van der Waals surface area contributed by atoms with E-state index in [1.54, 1.807) is 12.4 Å². The summed E-state index contributed by atoms with van der Waals surface area (Å²) in [6.07, 6.45) is 4.33. The minimum absolute atomic E-state index is 0.422. The molecule has 1 atom stereocenters. The summed E-state index contributed by atoms with van der Waals surface area (Å²) >= 11 is 0. The molecule has 0 radical (unpaired) electrons. The van der Waals surface area contributed by atoms with Crippen molar-refractivity contribution in [2.24, 2.45) is 4.99 Å². The summed E-state index contributed by atoms with van der Waals surface area (Å²) in [5, 5.41) is 5.51. The molecule has 6 heteroatoms. The van der Waals surface area contributed by atoms with E-state index < -0.39 is 6.17 Å². The van der Waals surface area contributed by atoms with Crippen molar-refractivity contribution >= 4 is 28.1 Å². The van der Waals surface area contributed by atoms with Gasteiger partial charge in [0.1, 0.15) is 17.7 Å². The van der Waals surface area contributed by atoms with Crippen LogP contribution in [0.3, 0.4) is 0 Å². The lowest BCUT2D eigenvalue weighted by Gasteiger charge is -2.30. The molecular weight excluding hydrogens is 341 g/mol. The van der Waals surface area contributed by atoms with Crippen LogP contribution in [0, 0.1) is 0 Å². The third kappa shape index (κ3) is 3.01. The van der Waals surface area contributed by atoms with Gasteiger partial charge in [-0.1, -0.05) is 6.07 Å². The minimum atomic E-state index is -0.773. The molecule has 1 N–H and O–H groups in total. The molecule has 0 saturated carbocycles. The third-order valence-electron chi connectivity index (χ3n) is 5.19. The zero-order valence-corrected chi connectivity index (χ0v) is 14.9. The first-order valence-electron chi connectivity index (χ1n) is 9.31. The summed E-state index contributed by atoms with van der Waals surface area (Å²) < 4.78 is 13.8. The first-order valence-corrected chi connectivity index (χ1v) is 9.31. The van der Waals surface area contributed by atoms with Crippen molar-refractivity contribution in [2.45, 2.75) is 25.6 Å². The SMILES string of the molecule is FC1CCCN(c2nccc3cc(NC4=NCc5cccnc54)ccc23)C1. The molecule has 0 bridgehead atoms. The van der Waals surface area contributed by atoms with Gasteiger partial charge in [-0.05, 0) is 48.6 Å². The number of nitrogens with one attached hydrogen (secondary N) is 1. The maximum atomic E-state index is 13.8. The van der Waals surface area contributed by atoms with Gasteiger partial charge in [0.25, 0.3) is 0 Å². The summed E-state index contributed by atoms with van der Waals surface area (Å²) in [5.41, 5.74) is 3.01. The van der Waals surface area contributed by atoms with E-state index in [-0.39, 0.29) is 0 Å². The van der Waals surface area contributed by atoms with Crippen molar-refractivity contribution in [3.05, 3.63) is 60.0 Å². The Labute approximate surface area is 157 Å². The Morgan fingerprint density at radius 1 is 1.11 bits per heavy atom. The van der Waals surface area contributed by atoms with Crippen LogP contribution >= 0.6 is 0 Å². The number of hydrogen-bond donors (Lipinski definition) is 1. The molecule has 1 fully saturated rings. The predicted molar refractivity (Wildman–Crippen MR) is 106 cm³/mol. The van der Waals surface area contributed by atoms with Crippen LogP contribution in [0.1, 0.15) is 24.1 Å². The average Bonchev–Trinajstić information content (AvgIpc) is 3.10. The summed E-state index contributed by atoms with van der Waals surface area (Å²) in [6.45, 7) is 1.93. The van der Waals surface area contributed by atoms with Crippen molar-refractivity contribution in [2.75, 3.05) is 23.3 Å². The number of anilines is 2. The fourth-order valence-electron chi connectivity index (χ4n) is 3.86. The highest BCUT2D eigenvalue weighted by molar-refractivity contribution is 6.10. The van der Waals surface area contributed by atoms with Gasteiger partial charge in [-0.15, -0.1) is 0 Å². The number of alkyl halides is 1. The molecule has 5 rings (SSSR count). The lowest BCUT2D eigenvalue weighted by molar-refractivity contribution is 0.286. The second-order valence-corrected chi connectivity index (χ2v) is 7.06. The Bertz CT molecular complexity index is 1030. The van der Waals surface area contributed by atoms with Crippen molar-refractivity contribution < 1.29 is 4.39 Å². The zero-order chi connectivity index (χ0) is 18.2. The fourth-order valence-corrected chi connectivity index (χ4v) is 3.86. The summed E-state index contributed by atoms with van der Waals surface area (Å²) in [4.78, 5) is 15.6. The highest BCUT2D eigenvalue weighted by Crippen LogP contribution is 2.30. The van der Waals surface area contributed by atoms with Gasteiger partial charge < -0.3 is 10.2 Å². The molecule has 5 nitrogen and oxygen atoms in total. The third-order valence-corrected chi connectivity index (χ3v) is 5.19. The number of rotatable bonds is 2. The Hall–Kier alpha value is -3.02. The molecule has 1 saturated heterocycles. The van der Waals surface area contributed by atoms with Crippen LogP contribution in [0.5, 0.6) is 0 Å². The van der Waals surface area contributed by atoms with Crippen LogP contribution in [0.15, 0.2) is 53.8 Å². The van der Waals surface area contributed by atoms with Gasteiger partial charge >= 0.3 is 0 Å². The fraction of sp³-hybridized carbons (Fsp3) is 0.286. The lowest BCUT2D eigenvalue weighted by atomic mass is 10.1. The Morgan fingerprint density at radius 3 is 3.00 bits per heavy atom. The average molecular weight is 361 g/mol. The first-order chi connectivity index (χ1) is 13.3. The molecule has 2 aromatic heterocycles. The molecule has 1 unspecified atom stereocenters. The summed E-state index contributed by atoms with van der Waals surface area (Å²) in [6, 6.07) is 12.1. The molecule has 0 spiro atoms. The molecule has 27 heavy (non-hydrogen) atoms. The smallest absolute Gasteiger partial charge is 0.152 e. The Morgan fingerprint density at radius 2 is 2.07 bits per heavy atom. The number of piperidine rings is 1. The Balaban J connectivity index is 1.45. The van der Waals surface area contributed by atoms with Crippen LogP contribution in [-0.4, -0.2) is 35.1 Å². The van der Waals surface area contributed by atoms with Gasteiger partial charge in [0, 0.05) is 35.6 Å². The minimum Gasteiger partial charge on any atom is -0.353 e. The number of fused-ring (bicyclic) bond motifs is 2. The molecule has 4 heterocycles. The van der Waals surface area contributed by atoms with E-state index in [0.29, 0.717) is 19.5 Å². The molecule has 3 aromatic rings. The van der Waals surface area contributed by atoms with Crippen molar-refractivity contribution in [1.29, 1.82) is 0 Å². The van der Waals surface area contributed by atoms with Gasteiger partial charge in [0.05, 0.1) is 13.1 Å². The molecule has 0 amide bonds. The van der Waals surface area contributed by atoms with Crippen molar-refractivity contribution in [3.63, 3.8) is 0 Å². The molecule has 2 aliphatic heterocycles. The maximum Gasteiger partial charge on any atom is 0.152 e. The van der Waals surface area contributed by atoms with Gasteiger partial charge in [-0.2, -0.15) is 0 Å². The predicted octanol–water partition coefficient (Wildman–Crippen LogP) is 3.94. The summed E-state index contributed by atoms with van der Waals surface area (Å²) in [5.74, 6) is 1.67. The van der Waals surface area contributed by atoms with E-state index in [1.165, 1.54) is 0 Å². The molecular formula is C21H20FN5. The van der Waals surface area contributed by atoms with Crippen molar-refractivity contribution in [3.8, 4) is 0 Å². The number of benzene rings is 1. The van der Waals surface area contributed by atoms with E-state index in [2.05, 4.69) is 43.4 Å². The highest BCUT2D eigenvalue weighted by atomic mass is 19.1. The topological polar surface area (TPSA) is 53.4 Å². The van der Waals surface area contributed by atoms with Crippen LogP contribution in [0.4, 0.5) is 15.9 Å². The van der Waals surface area contributed by atoms with Crippen LogP contribution in [-0.2, 0) is 6.54 Å². The van der Waals surface area contributed by atoms with E-state index in [0.717, 1.165) is 52.3 Å². The second kappa shape index (κ2) is 6.61. The number of pyridine rings is 2. The van der Waals surface area contributed by atoms with E-state index in [1.807, 2.05) is 18.2 Å². The number of amidine groups is 1. The lowest BCUT2D eigenvalue weighted by Crippen LogP contribution is -2.36. The van der Waals surface area contributed by atoms with Crippen LogP contribution in [0.2, 0.25) is 0 Å². The molecule has 136 valence electrons. The highest BCUT2D eigenvalue weighted by Gasteiger charge is 2.22. The quantitative estimate of drug-likeness (QED) is 0.751. The van der Waals surface area contributed by atoms with E-state index >= 15 is 0 Å². The van der Waals surface area contributed by atoms with Gasteiger partial charge in [-0.3, -0.25) is 9.98 Å².